The molecule has 1 fully saturated rings. The summed E-state index contributed by atoms with van der Waals surface area (Å²) in [6.45, 7) is 0.602. The molecule has 0 unspecified atom stereocenters. The molecular weight excluding hydrogens is 108 g/mol. The van der Waals surface area contributed by atoms with E-state index >= 15 is 0 Å². The molecule has 0 aromatic heterocycles. The lowest BCUT2D eigenvalue weighted by atomic mass is 10.3. The van der Waals surface area contributed by atoms with Crippen LogP contribution in [0.3, 0.4) is 0 Å². The monoisotopic (exact) mass is 118 g/mol. The van der Waals surface area contributed by atoms with Crippen molar-refractivity contribution in [1.82, 2.24) is 0 Å². The van der Waals surface area contributed by atoms with Crippen LogP contribution in [-0.2, 0) is 9.47 Å². The van der Waals surface area contributed by atoms with Gasteiger partial charge >= 0.3 is 0 Å². The van der Waals surface area contributed by atoms with E-state index in [2.05, 4.69) is 4.74 Å². The molecule has 1 rings (SSSR count). The molecule has 1 N–H and O–H groups in total. The highest BCUT2D eigenvalue weighted by molar-refractivity contribution is 4.60. The van der Waals surface area contributed by atoms with E-state index in [9.17, 15) is 0 Å². The zero-order chi connectivity index (χ0) is 6.04. The molecule has 0 bridgehead atoms. The normalized spacial score (nSPS) is 38.2. The Morgan fingerprint density at radius 2 is 2.50 bits per heavy atom. The Labute approximate surface area is 48.2 Å². The summed E-state index contributed by atoms with van der Waals surface area (Å²) in [5.74, 6) is -1.26. The first-order chi connectivity index (χ1) is 3.77. The quantitative estimate of drug-likeness (QED) is 0.496. The Balaban J connectivity index is 2.40. The zero-order valence-electron chi connectivity index (χ0n) is 4.89. The fraction of sp³-hybridized carbons (Fsp3) is 1.00. The number of rotatable bonds is 1. The molecule has 0 radical (unpaired) electrons. The molecule has 1 aliphatic rings. The lowest BCUT2D eigenvalue weighted by Crippen LogP contribution is -2.28. The molecule has 0 aromatic rings. The number of ether oxygens (including phenoxy) is 2. The lowest BCUT2D eigenvalue weighted by molar-refractivity contribution is -0.327. The topological polar surface area (TPSA) is 38.7 Å². The number of aliphatic hydroxyl groups is 1. The van der Waals surface area contributed by atoms with Gasteiger partial charge in [-0.15, -0.1) is 0 Å². The van der Waals surface area contributed by atoms with Crippen LogP contribution < -0.4 is 0 Å². The second kappa shape index (κ2) is 2.01. The van der Waals surface area contributed by atoms with Gasteiger partial charge in [0.05, 0.1) is 6.61 Å². The molecule has 3 nitrogen and oxygen atoms in total. The van der Waals surface area contributed by atoms with Crippen molar-refractivity contribution in [1.29, 1.82) is 0 Å². The summed E-state index contributed by atoms with van der Waals surface area (Å²) in [4.78, 5) is 0. The van der Waals surface area contributed by atoms with Crippen LogP contribution >= 0.6 is 0 Å². The fourth-order valence-electron chi connectivity index (χ4n) is 0.760. The molecule has 8 heavy (non-hydrogen) atoms. The van der Waals surface area contributed by atoms with E-state index in [1.807, 2.05) is 0 Å². The smallest absolute Gasteiger partial charge is 0.280 e. The van der Waals surface area contributed by atoms with Crippen LogP contribution in [-0.4, -0.2) is 24.8 Å². The van der Waals surface area contributed by atoms with Crippen molar-refractivity contribution < 1.29 is 14.6 Å². The molecule has 1 heterocycles. The minimum Gasteiger partial charge on any atom is -0.343 e. The van der Waals surface area contributed by atoms with Crippen molar-refractivity contribution >= 4 is 0 Å². The van der Waals surface area contributed by atoms with E-state index in [0.29, 0.717) is 13.0 Å². The van der Waals surface area contributed by atoms with Gasteiger partial charge in [0, 0.05) is 13.5 Å². The van der Waals surface area contributed by atoms with E-state index in [-0.39, 0.29) is 0 Å². The predicted molar refractivity (Wildman–Crippen MR) is 27.1 cm³/mol. The third-order valence-electron chi connectivity index (χ3n) is 1.28. The summed E-state index contributed by atoms with van der Waals surface area (Å²) in [7, 11) is 1.44. The SMILES string of the molecule is CO[C@@]1(O)CCCO1. The van der Waals surface area contributed by atoms with Gasteiger partial charge in [-0.2, -0.15) is 0 Å². The van der Waals surface area contributed by atoms with Crippen LogP contribution in [0.2, 0.25) is 0 Å². The first-order valence-corrected chi connectivity index (χ1v) is 2.68. The highest BCUT2D eigenvalue weighted by Gasteiger charge is 2.31. The Hall–Kier alpha value is -0.120. The summed E-state index contributed by atoms with van der Waals surface area (Å²) >= 11 is 0. The molecule has 3 heteroatoms. The molecule has 0 spiro atoms. The van der Waals surface area contributed by atoms with Gasteiger partial charge in [-0.3, -0.25) is 0 Å². The fourth-order valence-corrected chi connectivity index (χ4v) is 0.760. The van der Waals surface area contributed by atoms with E-state index in [4.69, 9.17) is 9.84 Å². The average molecular weight is 118 g/mol. The standard InChI is InChI=1S/C5H10O3/c1-7-5(6)3-2-4-8-5/h6H,2-4H2,1H3/t5-/m0/s1. The summed E-state index contributed by atoms with van der Waals surface area (Å²) < 4.78 is 9.45. The third-order valence-corrected chi connectivity index (χ3v) is 1.28. The van der Waals surface area contributed by atoms with Crippen LogP contribution in [0.25, 0.3) is 0 Å². The largest absolute Gasteiger partial charge is 0.343 e. The Morgan fingerprint density at radius 3 is 2.75 bits per heavy atom. The number of methoxy groups -OCH3 is 1. The van der Waals surface area contributed by atoms with Gasteiger partial charge in [0.2, 0.25) is 0 Å². The molecule has 48 valence electrons. The van der Waals surface area contributed by atoms with Crippen LogP contribution in [0.1, 0.15) is 12.8 Å². The molecule has 1 saturated heterocycles. The Kier molecular flexibility index (Phi) is 1.51. The van der Waals surface area contributed by atoms with Crippen molar-refractivity contribution in [3.05, 3.63) is 0 Å². The maximum Gasteiger partial charge on any atom is 0.280 e. The summed E-state index contributed by atoms with van der Waals surface area (Å²) in [5, 5.41) is 9.06. The van der Waals surface area contributed by atoms with Crippen molar-refractivity contribution in [2.75, 3.05) is 13.7 Å². The molecule has 1 aliphatic heterocycles. The van der Waals surface area contributed by atoms with Crippen molar-refractivity contribution in [3.63, 3.8) is 0 Å². The van der Waals surface area contributed by atoms with Gasteiger partial charge in [0.15, 0.2) is 0 Å². The summed E-state index contributed by atoms with van der Waals surface area (Å²) in [6, 6.07) is 0. The van der Waals surface area contributed by atoms with Gasteiger partial charge in [0.1, 0.15) is 0 Å². The van der Waals surface area contributed by atoms with Gasteiger partial charge in [0.25, 0.3) is 5.97 Å². The number of hydrogen-bond donors (Lipinski definition) is 1. The van der Waals surface area contributed by atoms with Crippen LogP contribution in [0, 0.1) is 0 Å². The first-order valence-electron chi connectivity index (χ1n) is 2.68. The van der Waals surface area contributed by atoms with Gasteiger partial charge in [-0.25, -0.2) is 0 Å². The minimum absolute atomic E-state index is 0.587. The Morgan fingerprint density at radius 1 is 1.75 bits per heavy atom. The highest BCUT2D eigenvalue weighted by Crippen LogP contribution is 2.22. The molecular formula is C5H10O3. The van der Waals surface area contributed by atoms with Gasteiger partial charge < -0.3 is 14.6 Å². The lowest BCUT2D eigenvalue weighted by Gasteiger charge is -2.17. The van der Waals surface area contributed by atoms with Crippen molar-refractivity contribution in [3.8, 4) is 0 Å². The van der Waals surface area contributed by atoms with E-state index < -0.39 is 5.97 Å². The second-order valence-corrected chi connectivity index (χ2v) is 1.87. The Bertz CT molecular complexity index is 75.7. The maximum absolute atomic E-state index is 9.06. The molecule has 0 saturated carbocycles. The molecule has 0 aliphatic carbocycles. The molecule has 0 aromatic carbocycles. The zero-order valence-corrected chi connectivity index (χ0v) is 4.89. The first kappa shape index (κ1) is 6.01. The minimum atomic E-state index is -1.26. The van der Waals surface area contributed by atoms with Crippen LogP contribution in [0.15, 0.2) is 0 Å². The van der Waals surface area contributed by atoms with Crippen LogP contribution in [0.5, 0.6) is 0 Å². The molecule has 0 amide bonds. The summed E-state index contributed by atoms with van der Waals surface area (Å²) in [5.41, 5.74) is 0. The van der Waals surface area contributed by atoms with Crippen LogP contribution in [0.4, 0.5) is 0 Å². The van der Waals surface area contributed by atoms with Gasteiger partial charge in [-0.05, 0) is 6.42 Å². The summed E-state index contributed by atoms with van der Waals surface area (Å²) in [6.07, 6.45) is 1.47. The average Bonchev–Trinajstić information content (AvgIpc) is 2.17. The van der Waals surface area contributed by atoms with E-state index in [1.54, 1.807) is 0 Å². The maximum atomic E-state index is 9.06. The van der Waals surface area contributed by atoms with E-state index in [1.165, 1.54) is 7.11 Å². The predicted octanol–water partition coefficient (Wildman–Crippen LogP) is 0.0893. The van der Waals surface area contributed by atoms with E-state index in [0.717, 1.165) is 6.42 Å². The van der Waals surface area contributed by atoms with Crippen molar-refractivity contribution in [2.24, 2.45) is 0 Å². The number of hydrogen-bond acceptors (Lipinski definition) is 3. The third kappa shape index (κ3) is 0.992. The van der Waals surface area contributed by atoms with Crippen molar-refractivity contribution in [2.45, 2.75) is 18.8 Å². The highest BCUT2D eigenvalue weighted by atomic mass is 16.8. The van der Waals surface area contributed by atoms with Gasteiger partial charge in [-0.1, -0.05) is 0 Å². The second-order valence-electron chi connectivity index (χ2n) is 1.87. The molecule has 1 atom stereocenters.